The zero-order valence-corrected chi connectivity index (χ0v) is 18.6. The van der Waals surface area contributed by atoms with Crippen LogP contribution < -0.4 is 14.8 Å². The van der Waals surface area contributed by atoms with Gasteiger partial charge in [0.1, 0.15) is 10.6 Å². The maximum absolute atomic E-state index is 13.1. The van der Waals surface area contributed by atoms with E-state index in [0.29, 0.717) is 0 Å². The summed E-state index contributed by atoms with van der Waals surface area (Å²) in [7, 11) is -12.1. The van der Waals surface area contributed by atoms with Gasteiger partial charge in [-0.25, -0.2) is 16.8 Å². The molecule has 0 saturated heterocycles. The highest BCUT2D eigenvalue weighted by molar-refractivity contribution is 7.95. The lowest BCUT2D eigenvalue weighted by atomic mass is 10.3. The predicted molar refractivity (Wildman–Crippen MR) is 114 cm³/mol. The fourth-order valence-electron chi connectivity index (χ4n) is 2.78. The first-order valence-corrected chi connectivity index (χ1v) is 13.2. The van der Waals surface area contributed by atoms with Crippen molar-refractivity contribution in [2.45, 2.75) is 14.7 Å². The maximum atomic E-state index is 13.1. The second-order valence-electron chi connectivity index (χ2n) is 6.30. The molecule has 0 radical (unpaired) electrons. The number of anilines is 1. The molecule has 0 atom stereocenters. The van der Waals surface area contributed by atoms with Crippen molar-refractivity contribution in [3.63, 3.8) is 0 Å². The summed E-state index contributed by atoms with van der Waals surface area (Å²) in [4.78, 5) is 17.7. The van der Waals surface area contributed by atoms with Gasteiger partial charge in [0.2, 0.25) is 9.84 Å². The Kier molecular flexibility index (Phi) is 6.26. The van der Waals surface area contributed by atoms with Crippen LogP contribution in [0.1, 0.15) is 0 Å². The van der Waals surface area contributed by atoms with Gasteiger partial charge in [-0.15, -0.1) is 0 Å². The van der Waals surface area contributed by atoms with Crippen LogP contribution in [0.25, 0.3) is 0 Å². The molecule has 3 rings (SSSR count). The minimum absolute atomic E-state index is 0.0100. The SMILES string of the molecule is COc1ccc(P(=O)(O)O)cc1NS(=O)(=O)c1ccccc1S(=O)(=O)c1ccccc1. The largest absolute Gasteiger partial charge is 0.495 e. The van der Waals surface area contributed by atoms with Gasteiger partial charge in [0.05, 0.1) is 27.9 Å². The van der Waals surface area contributed by atoms with Crippen LogP contribution in [0.4, 0.5) is 5.69 Å². The fraction of sp³-hybridized carbons (Fsp3) is 0.0526. The van der Waals surface area contributed by atoms with Crippen LogP contribution in [0.2, 0.25) is 0 Å². The molecule has 0 unspecified atom stereocenters. The molecule has 0 amide bonds. The second kappa shape index (κ2) is 8.45. The highest BCUT2D eigenvalue weighted by atomic mass is 32.2. The van der Waals surface area contributed by atoms with Crippen molar-refractivity contribution in [3.8, 4) is 5.75 Å². The molecule has 0 aliphatic carbocycles. The number of hydrogen-bond donors (Lipinski definition) is 3. The van der Waals surface area contributed by atoms with E-state index < -0.39 is 42.6 Å². The van der Waals surface area contributed by atoms with Gasteiger partial charge in [0.15, 0.2) is 0 Å². The first-order chi connectivity index (χ1) is 14.5. The number of benzene rings is 3. The molecule has 0 saturated carbocycles. The van der Waals surface area contributed by atoms with Crippen LogP contribution in [0.15, 0.2) is 87.5 Å². The summed E-state index contributed by atoms with van der Waals surface area (Å²) in [6, 6.07) is 15.6. The molecule has 31 heavy (non-hydrogen) atoms. The van der Waals surface area contributed by atoms with Crippen molar-refractivity contribution in [2.75, 3.05) is 11.8 Å². The van der Waals surface area contributed by atoms with E-state index in [4.69, 9.17) is 4.74 Å². The first kappa shape index (κ1) is 23.0. The van der Waals surface area contributed by atoms with E-state index in [-0.39, 0.29) is 16.3 Å². The van der Waals surface area contributed by atoms with E-state index in [1.54, 1.807) is 6.07 Å². The smallest absolute Gasteiger partial charge is 0.356 e. The van der Waals surface area contributed by atoms with Gasteiger partial charge < -0.3 is 14.5 Å². The Labute approximate surface area is 179 Å². The molecule has 0 aliphatic heterocycles. The van der Waals surface area contributed by atoms with E-state index in [1.165, 1.54) is 55.6 Å². The molecular formula is C19H18NO8PS2. The average Bonchev–Trinajstić information content (AvgIpc) is 2.73. The second-order valence-corrected chi connectivity index (χ2v) is 11.5. The Morgan fingerprint density at radius 1 is 0.839 bits per heavy atom. The topological polar surface area (TPSA) is 147 Å². The van der Waals surface area contributed by atoms with Crippen molar-refractivity contribution >= 4 is 38.4 Å². The fourth-order valence-corrected chi connectivity index (χ4v) is 6.51. The molecular weight excluding hydrogens is 465 g/mol. The van der Waals surface area contributed by atoms with E-state index in [1.807, 2.05) is 0 Å². The van der Waals surface area contributed by atoms with E-state index in [9.17, 15) is 31.2 Å². The molecule has 0 fully saturated rings. The zero-order valence-electron chi connectivity index (χ0n) is 16.0. The van der Waals surface area contributed by atoms with E-state index in [0.717, 1.165) is 18.2 Å². The van der Waals surface area contributed by atoms with Crippen LogP contribution in [0.5, 0.6) is 5.75 Å². The van der Waals surface area contributed by atoms with Crippen molar-refractivity contribution in [2.24, 2.45) is 0 Å². The Balaban J connectivity index is 2.13. The highest BCUT2D eigenvalue weighted by Gasteiger charge is 2.29. The number of sulfone groups is 1. The van der Waals surface area contributed by atoms with E-state index in [2.05, 4.69) is 4.72 Å². The highest BCUT2D eigenvalue weighted by Crippen LogP contribution is 2.37. The number of nitrogens with one attached hydrogen (secondary N) is 1. The maximum Gasteiger partial charge on any atom is 0.356 e. The summed E-state index contributed by atoms with van der Waals surface area (Å²) in [5.74, 6) is -0.0100. The zero-order chi connectivity index (χ0) is 22.9. The third kappa shape index (κ3) is 4.81. The molecule has 0 spiro atoms. The summed E-state index contributed by atoms with van der Waals surface area (Å²) < 4.78 is 71.1. The lowest BCUT2D eigenvalue weighted by Gasteiger charge is -2.16. The Hall–Kier alpha value is -2.69. The standard InChI is InChI=1S/C19H18NO8PS2/c1-28-17-12-11-14(29(21,22)23)13-16(17)20-31(26,27)19-10-6-5-9-18(19)30(24,25)15-7-3-2-4-8-15/h2-13,20H,1H3,(H2,21,22,23). The summed E-state index contributed by atoms with van der Waals surface area (Å²) >= 11 is 0. The molecule has 0 heterocycles. The number of ether oxygens (including phenoxy) is 1. The molecule has 3 N–H and O–H groups in total. The van der Waals surface area contributed by atoms with Crippen LogP contribution >= 0.6 is 7.60 Å². The number of rotatable bonds is 7. The summed E-state index contributed by atoms with van der Waals surface area (Å²) in [5.41, 5.74) is -0.254. The minimum atomic E-state index is -4.68. The Bertz CT molecular complexity index is 1370. The van der Waals surface area contributed by atoms with Crippen molar-refractivity contribution in [1.82, 2.24) is 0 Å². The van der Waals surface area contributed by atoms with Gasteiger partial charge >= 0.3 is 7.60 Å². The van der Waals surface area contributed by atoms with Crippen LogP contribution in [-0.2, 0) is 24.4 Å². The third-order valence-corrected chi connectivity index (χ3v) is 8.58. The lowest BCUT2D eigenvalue weighted by Crippen LogP contribution is -2.18. The van der Waals surface area contributed by atoms with Gasteiger partial charge in [-0.3, -0.25) is 9.29 Å². The Morgan fingerprint density at radius 2 is 1.42 bits per heavy atom. The van der Waals surface area contributed by atoms with Gasteiger partial charge in [-0.05, 0) is 42.5 Å². The third-order valence-electron chi connectivity index (χ3n) is 4.25. The molecule has 0 bridgehead atoms. The molecule has 164 valence electrons. The number of hydrogen-bond acceptors (Lipinski definition) is 6. The molecule has 12 heteroatoms. The quantitative estimate of drug-likeness (QED) is 0.433. The van der Waals surface area contributed by atoms with E-state index >= 15 is 0 Å². The Morgan fingerprint density at radius 3 is 2.00 bits per heavy atom. The summed E-state index contributed by atoms with van der Waals surface area (Å²) in [6.07, 6.45) is 0. The van der Waals surface area contributed by atoms with Gasteiger partial charge in [-0.2, -0.15) is 0 Å². The van der Waals surface area contributed by atoms with Crippen LogP contribution in [0, 0.1) is 0 Å². The molecule has 3 aromatic carbocycles. The number of methoxy groups -OCH3 is 1. The van der Waals surface area contributed by atoms with Gasteiger partial charge in [0, 0.05) is 0 Å². The first-order valence-electron chi connectivity index (χ1n) is 8.63. The molecule has 9 nitrogen and oxygen atoms in total. The molecule has 0 aromatic heterocycles. The molecule has 0 aliphatic rings. The van der Waals surface area contributed by atoms with Gasteiger partial charge in [0.25, 0.3) is 10.0 Å². The summed E-state index contributed by atoms with van der Waals surface area (Å²) in [5, 5.41) is -0.434. The van der Waals surface area contributed by atoms with Crippen molar-refractivity contribution in [3.05, 3.63) is 72.8 Å². The monoisotopic (exact) mass is 483 g/mol. The lowest BCUT2D eigenvalue weighted by molar-refractivity contribution is 0.387. The minimum Gasteiger partial charge on any atom is -0.495 e. The van der Waals surface area contributed by atoms with Crippen LogP contribution in [0.3, 0.4) is 0 Å². The average molecular weight is 483 g/mol. The predicted octanol–water partition coefficient (Wildman–Crippen LogP) is 2.13. The molecule has 3 aromatic rings. The summed E-state index contributed by atoms with van der Waals surface area (Å²) in [6.45, 7) is 0. The number of sulfonamides is 1. The van der Waals surface area contributed by atoms with Crippen molar-refractivity contribution in [1.29, 1.82) is 0 Å². The normalized spacial score (nSPS) is 12.4. The van der Waals surface area contributed by atoms with Crippen LogP contribution in [-0.4, -0.2) is 33.7 Å². The van der Waals surface area contributed by atoms with Gasteiger partial charge in [-0.1, -0.05) is 30.3 Å². The van der Waals surface area contributed by atoms with Crippen molar-refractivity contribution < 1.29 is 35.9 Å².